The lowest BCUT2D eigenvalue weighted by Crippen LogP contribution is -2.35. The zero-order valence-corrected chi connectivity index (χ0v) is 20.1. The van der Waals surface area contributed by atoms with Gasteiger partial charge in [0.05, 0.1) is 16.8 Å². The van der Waals surface area contributed by atoms with Crippen LogP contribution in [0, 0.1) is 20.8 Å². The van der Waals surface area contributed by atoms with Gasteiger partial charge in [0.1, 0.15) is 4.83 Å². The molecule has 1 amide bonds. The first-order valence-corrected chi connectivity index (χ1v) is 12.2. The molecule has 0 atom stereocenters. The molecule has 0 unspecified atom stereocenters. The van der Waals surface area contributed by atoms with Crippen molar-refractivity contribution in [2.45, 2.75) is 33.7 Å². The highest BCUT2D eigenvalue weighted by atomic mass is 32.1. The van der Waals surface area contributed by atoms with Crippen LogP contribution in [0.4, 0.5) is 0 Å². The van der Waals surface area contributed by atoms with Crippen LogP contribution in [0.5, 0.6) is 0 Å². The van der Waals surface area contributed by atoms with Crippen molar-refractivity contribution in [2.75, 3.05) is 26.2 Å². The van der Waals surface area contributed by atoms with E-state index in [0.29, 0.717) is 11.6 Å². The van der Waals surface area contributed by atoms with Gasteiger partial charge in [-0.05, 0) is 50.5 Å². The minimum atomic E-state index is 0.103. The van der Waals surface area contributed by atoms with Crippen LogP contribution in [-0.2, 0) is 6.54 Å². The number of carbonyl (C=O) groups excluding carboxylic acids is 1. The first-order valence-electron chi connectivity index (χ1n) is 11.4. The number of carbonyl (C=O) groups is 1. The van der Waals surface area contributed by atoms with Crippen molar-refractivity contribution in [3.05, 3.63) is 69.9 Å². The molecule has 0 bridgehead atoms. The van der Waals surface area contributed by atoms with Gasteiger partial charge in [0.2, 0.25) is 0 Å². The molecule has 6 nitrogen and oxygen atoms in total. The lowest BCUT2D eigenvalue weighted by Gasteiger charge is -2.22. The largest absolute Gasteiger partial charge is 0.461 e. The summed E-state index contributed by atoms with van der Waals surface area (Å²) < 4.78 is 5.48. The molecule has 1 fully saturated rings. The smallest absolute Gasteiger partial charge is 0.264 e. The third-order valence-electron chi connectivity index (χ3n) is 6.31. The zero-order chi connectivity index (χ0) is 22.9. The Hall–Kier alpha value is -3.03. The summed E-state index contributed by atoms with van der Waals surface area (Å²) in [6, 6.07) is 12.4. The minimum absolute atomic E-state index is 0.103. The quantitative estimate of drug-likeness (QED) is 0.418. The summed E-state index contributed by atoms with van der Waals surface area (Å²) in [6.45, 7) is 10.4. The lowest BCUT2D eigenvalue weighted by atomic mass is 10.1. The van der Waals surface area contributed by atoms with Crippen LogP contribution < -0.4 is 0 Å². The van der Waals surface area contributed by atoms with E-state index in [0.717, 1.165) is 65.5 Å². The molecule has 0 radical (unpaired) electrons. The van der Waals surface area contributed by atoms with E-state index < -0.39 is 0 Å². The van der Waals surface area contributed by atoms with Crippen LogP contribution in [0.25, 0.3) is 21.8 Å². The molecule has 0 saturated carbocycles. The van der Waals surface area contributed by atoms with E-state index in [1.165, 1.54) is 22.5 Å². The molecule has 33 heavy (non-hydrogen) atoms. The van der Waals surface area contributed by atoms with Crippen molar-refractivity contribution in [2.24, 2.45) is 0 Å². The second kappa shape index (κ2) is 9.08. The highest BCUT2D eigenvalue weighted by Crippen LogP contribution is 2.34. The van der Waals surface area contributed by atoms with Gasteiger partial charge in [0, 0.05) is 38.1 Å². The fourth-order valence-corrected chi connectivity index (χ4v) is 5.69. The molecular formula is C26H28N4O2S. The van der Waals surface area contributed by atoms with Crippen LogP contribution in [0.3, 0.4) is 0 Å². The number of fused-ring (bicyclic) bond motifs is 1. The Morgan fingerprint density at radius 3 is 2.61 bits per heavy atom. The van der Waals surface area contributed by atoms with E-state index >= 15 is 0 Å². The number of benzene rings is 1. The number of aryl methyl sites for hydroxylation is 3. The molecule has 4 heterocycles. The summed E-state index contributed by atoms with van der Waals surface area (Å²) in [7, 11) is 0. The molecule has 1 aromatic carbocycles. The SMILES string of the molecule is Cc1ccc(CN2CCCN(C(=O)c3sc4nc(-c5ccco5)nc(C)c4c3C)CC2)cc1. The third kappa shape index (κ3) is 4.43. The maximum atomic E-state index is 13.5. The first-order chi connectivity index (χ1) is 16.0. The molecule has 1 saturated heterocycles. The molecule has 7 heteroatoms. The van der Waals surface area contributed by atoms with Gasteiger partial charge < -0.3 is 9.32 Å². The van der Waals surface area contributed by atoms with Crippen molar-refractivity contribution in [1.29, 1.82) is 0 Å². The van der Waals surface area contributed by atoms with E-state index in [4.69, 9.17) is 9.40 Å². The van der Waals surface area contributed by atoms with Crippen LogP contribution in [0.1, 0.15) is 38.5 Å². The molecule has 0 spiro atoms. The Morgan fingerprint density at radius 2 is 1.85 bits per heavy atom. The topological polar surface area (TPSA) is 62.5 Å². The molecule has 4 aromatic rings. The fraction of sp³-hybridized carbons (Fsp3) is 0.346. The van der Waals surface area contributed by atoms with Gasteiger partial charge in [-0.3, -0.25) is 9.69 Å². The summed E-state index contributed by atoms with van der Waals surface area (Å²) >= 11 is 1.47. The average molecular weight is 461 g/mol. The molecule has 0 aliphatic carbocycles. The van der Waals surface area contributed by atoms with E-state index in [9.17, 15) is 4.79 Å². The fourth-order valence-electron chi connectivity index (χ4n) is 4.49. The monoisotopic (exact) mass is 460 g/mol. The Kier molecular flexibility index (Phi) is 6.00. The number of nitrogens with zero attached hydrogens (tertiary/aromatic N) is 4. The van der Waals surface area contributed by atoms with Gasteiger partial charge >= 0.3 is 0 Å². The Labute approximate surface area is 197 Å². The van der Waals surface area contributed by atoms with E-state index in [-0.39, 0.29) is 5.91 Å². The molecule has 170 valence electrons. The predicted molar refractivity (Wildman–Crippen MR) is 132 cm³/mol. The van der Waals surface area contributed by atoms with Crippen LogP contribution in [-0.4, -0.2) is 51.9 Å². The van der Waals surface area contributed by atoms with Crippen LogP contribution in [0.2, 0.25) is 0 Å². The van der Waals surface area contributed by atoms with Crippen molar-refractivity contribution in [1.82, 2.24) is 19.8 Å². The van der Waals surface area contributed by atoms with Gasteiger partial charge in [0.15, 0.2) is 11.6 Å². The van der Waals surface area contributed by atoms with E-state index in [1.54, 1.807) is 6.26 Å². The van der Waals surface area contributed by atoms with Gasteiger partial charge in [-0.2, -0.15) is 0 Å². The molecule has 5 rings (SSSR count). The highest BCUT2D eigenvalue weighted by molar-refractivity contribution is 7.20. The number of rotatable bonds is 4. The molecule has 1 aliphatic heterocycles. The standard InChI is InChI=1S/C26H28N4O2S/c1-17-7-9-20(10-8-17)16-29-11-5-12-30(14-13-29)26(31)23-18(2)22-19(3)27-24(28-25(22)33-23)21-6-4-15-32-21/h4,6-10,15H,5,11-14,16H2,1-3H3. The van der Waals surface area contributed by atoms with Crippen LogP contribution >= 0.6 is 11.3 Å². The highest BCUT2D eigenvalue weighted by Gasteiger charge is 2.25. The number of hydrogen-bond acceptors (Lipinski definition) is 6. The van der Waals surface area contributed by atoms with Gasteiger partial charge in [-0.1, -0.05) is 29.8 Å². The number of furan rings is 1. The Balaban J connectivity index is 1.34. The summed E-state index contributed by atoms with van der Waals surface area (Å²) in [5.41, 5.74) is 4.45. The summed E-state index contributed by atoms with van der Waals surface area (Å²) in [5, 5.41) is 0.981. The number of hydrogen-bond donors (Lipinski definition) is 0. The average Bonchev–Trinajstić information content (AvgIpc) is 3.39. The van der Waals surface area contributed by atoms with Gasteiger partial charge in [-0.25, -0.2) is 9.97 Å². The van der Waals surface area contributed by atoms with Crippen molar-refractivity contribution >= 4 is 27.5 Å². The van der Waals surface area contributed by atoms with Gasteiger partial charge in [0.25, 0.3) is 5.91 Å². The van der Waals surface area contributed by atoms with E-state index in [1.807, 2.05) is 30.9 Å². The van der Waals surface area contributed by atoms with Crippen molar-refractivity contribution in [3.8, 4) is 11.6 Å². The van der Waals surface area contributed by atoms with E-state index in [2.05, 4.69) is 41.1 Å². The summed E-state index contributed by atoms with van der Waals surface area (Å²) in [4.78, 5) is 28.9. The maximum Gasteiger partial charge on any atom is 0.264 e. The number of thiophene rings is 1. The predicted octanol–water partition coefficient (Wildman–Crippen LogP) is 5.22. The molecular weight excluding hydrogens is 432 g/mol. The lowest BCUT2D eigenvalue weighted by molar-refractivity contribution is 0.0765. The molecule has 3 aromatic heterocycles. The molecule has 1 aliphatic rings. The van der Waals surface area contributed by atoms with Crippen molar-refractivity contribution in [3.63, 3.8) is 0 Å². The Bertz CT molecular complexity index is 1280. The third-order valence-corrected chi connectivity index (χ3v) is 7.48. The zero-order valence-electron chi connectivity index (χ0n) is 19.3. The van der Waals surface area contributed by atoms with Crippen LogP contribution in [0.15, 0.2) is 47.1 Å². The normalized spacial score (nSPS) is 15.2. The maximum absolute atomic E-state index is 13.5. The van der Waals surface area contributed by atoms with Crippen molar-refractivity contribution < 1.29 is 9.21 Å². The second-order valence-electron chi connectivity index (χ2n) is 8.75. The summed E-state index contributed by atoms with van der Waals surface area (Å²) in [5.74, 6) is 1.30. The second-order valence-corrected chi connectivity index (χ2v) is 9.75. The summed E-state index contributed by atoms with van der Waals surface area (Å²) in [6.07, 6.45) is 2.59. The first kappa shape index (κ1) is 21.8. The Morgan fingerprint density at radius 1 is 1.03 bits per heavy atom. The van der Waals surface area contributed by atoms with Gasteiger partial charge in [-0.15, -0.1) is 11.3 Å². The number of amides is 1. The molecule has 0 N–H and O–H groups in total. The number of aromatic nitrogens is 2. The minimum Gasteiger partial charge on any atom is -0.461 e.